The Bertz CT molecular complexity index is 729. The molecule has 1 unspecified atom stereocenters. The average Bonchev–Trinajstić information content (AvgIpc) is 2.84. The largest absolute Gasteiger partial charge is 0.320 e. The summed E-state index contributed by atoms with van der Waals surface area (Å²) in [6.07, 6.45) is 0. The molecule has 0 spiro atoms. The van der Waals surface area contributed by atoms with Crippen LogP contribution in [-0.4, -0.2) is 28.5 Å². The smallest absolute Gasteiger partial charge is 0.124 e. The van der Waals surface area contributed by atoms with Crippen molar-refractivity contribution in [3.8, 4) is 0 Å². The molecule has 3 aromatic rings. The molecule has 0 N–H and O–H groups in total. The molecule has 1 atom stereocenters. The molecular weight excluding hydrogens is 258 g/mol. The maximum atomic E-state index is 4.82. The van der Waals surface area contributed by atoms with Crippen LogP contribution in [-0.2, 0) is 6.54 Å². The van der Waals surface area contributed by atoms with Crippen molar-refractivity contribution in [3.63, 3.8) is 0 Å². The summed E-state index contributed by atoms with van der Waals surface area (Å²) in [5, 5.41) is 0. The number of hydrogen-bond donors (Lipinski definition) is 0. The number of imidazole rings is 1. The lowest BCUT2D eigenvalue weighted by Crippen LogP contribution is -2.18. The van der Waals surface area contributed by atoms with Gasteiger partial charge in [-0.25, -0.2) is 4.98 Å². The van der Waals surface area contributed by atoms with E-state index in [4.69, 9.17) is 4.98 Å². The molecule has 3 rings (SSSR count). The Hall–Kier alpha value is -2.13. The van der Waals surface area contributed by atoms with Crippen molar-refractivity contribution in [1.82, 2.24) is 14.5 Å². The van der Waals surface area contributed by atoms with E-state index in [0.717, 1.165) is 17.9 Å². The highest BCUT2D eigenvalue weighted by Crippen LogP contribution is 2.26. The summed E-state index contributed by atoms with van der Waals surface area (Å²) in [6.45, 7) is 3.08. The van der Waals surface area contributed by atoms with Crippen molar-refractivity contribution in [1.29, 1.82) is 0 Å². The van der Waals surface area contributed by atoms with E-state index in [0.29, 0.717) is 0 Å². The zero-order chi connectivity index (χ0) is 14.8. The Morgan fingerprint density at radius 1 is 1.00 bits per heavy atom. The molecule has 0 radical (unpaired) electrons. The van der Waals surface area contributed by atoms with Crippen LogP contribution in [0.25, 0.3) is 11.0 Å². The lowest BCUT2D eigenvalue weighted by atomic mass is 10.1. The van der Waals surface area contributed by atoms with E-state index < -0.39 is 0 Å². The topological polar surface area (TPSA) is 21.1 Å². The zero-order valence-corrected chi connectivity index (χ0v) is 12.8. The van der Waals surface area contributed by atoms with Crippen LogP contribution in [0.15, 0.2) is 54.6 Å². The third-order valence-corrected chi connectivity index (χ3v) is 3.80. The minimum absolute atomic E-state index is 0.272. The minimum atomic E-state index is 0.272. The van der Waals surface area contributed by atoms with E-state index in [-0.39, 0.29) is 6.04 Å². The summed E-state index contributed by atoms with van der Waals surface area (Å²) in [6, 6.07) is 19.2. The summed E-state index contributed by atoms with van der Waals surface area (Å²) in [4.78, 5) is 6.98. The number of nitrogens with zero attached hydrogens (tertiary/aromatic N) is 3. The number of fused-ring (bicyclic) bond motifs is 1. The monoisotopic (exact) mass is 279 g/mol. The normalized spacial score (nSPS) is 13.0. The highest BCUT2D eigenvalue weighted by Gasteiger charge is 2.17. The van der Waals surface area contributed by atoms with Crippen molar-refractivity contribution in [3.05, 3.63) is 66.0 Å². The van der Waals surface area contributed by atoms with Gasteiger partial charge in [-0.05, 0) is 38.7 Å². The molecule has 1 aromatic heterocycles. The van der Waals surface area contributed by atoms with Gasteiger partial charge in [0.25, 0.3) is 0 Å². The standard InChI is InChI=1S/C18H21N3/c1-14(15-9-5-4-6-10-15)21-17-12-8-7-11-16(17)19-18(21)13-20(2)3/h4-12,14H,13H2,1-3H3. The quantitative estimate of drug-likeness (QED) is 0.726. The summed E-state index contributed by atoms with van der Waals surface area (Å²) in [7, 11) is 4.16. The molecule has 0 aliphatic heterocycles. The van der Waals surface area contributed by atoms with Gasteiger partial charge in [0.05, 0.1) is 23.6 Å². The second kappa shape index (κ2) is 5.70. The van der Waals surface area contributed by atoms with Gasteiger partial charge in [-0.1, -0.05) is 42.5 Å². The first-order valence-corrected chi connectivity index (χ1v) is 7.32. The molecule has 0 fully saturated rings. The Kier molecular flexibility index (Phi) is 3.76. The molecule has 1 heterocycles. The van der Waals surface area contributed by atoms with Crippen LogP contribution in [0.2, 0.25) is 0 Å². The Morgan fingerprint density at radius 2 is 1.67 bits per heavy atom. The first kappa shape index (κ1) is 13.8. The molecule has 108 valence electrons. The van der Waals surface area contributed by atoms with Crippen LogP contribution in [0.1, 0.15) is 24.4 Å². The third kappa shape index (κ3) is 2.69. The van der Waals surface area contributed by atoms with Gasteiger partial charge >= 0.3 is 0 Å². The first-order valence-electron chi connectivity index (χ1n) is 7.32. The van der Waals surface area contributed by atoms with Crippen LogP contribution in [0.4, 0.5) is 0 Å². The highest BCUT2D eigenvalue weighted by molar-refractivity contribution is 5.76. The summed E-state index contributed by atoms with van der Waals surface area (Å²) < 4.78 is 2.35. The van der Waals surface area contributed by atoms with Gasteiger partial charge in [-0.2, -0.15) is 0 Å². The van der Waals surface area contributed by atoms with E-state index >= 15 is 0 Å². The SMILES string of the molecule is CC(c1ccccc1)n1c(CN(C)C)nc2ccccc21. The molecule has 21 heavy (non-hydrogen) atoms. The van der Waals surface area contributed by atoms with Gasteiger partial charge in [0, 0.05) is 0 Å². The van der Waals surface area contributed by atoms with E-state index in [9.17, 15) is 0 Å². The number of hydrogen-bond acceptors (Lipinski definition) is 2. The van der Waals surface area contributed by atoms with Gasteiger partial charge in [0.1, 0.15) is 5.82 Å². The molecule has 0 amide bonds. The molecule has 0 aliphatic carbocycles. The van der Waals surface area contributed by atoms with Gasteiger partial charge in [0.2, 0.25) is 0 Å². The van der Waals surface area contributed by atoms with Crippen LogP contribution >= 0.6 is 0 Å². The van der Waals surface area contributed by atoms with Crippen molar-refractivity contribution in [2.24, 2.45) is 0 Å². The molecular formula is C18H21N3. The maximum Gasteiger partial charge on any atom is 0.124 e. The fraction of sp³-hybridized carbons (Fsp3) is 0.278. The molecule has 0 aliphatic rings. The van der Waals surface area contributed by atoms with Gasteiger partial charge in [0.15, 0.2) is 0 Å². The van der Waals surface area contributed by atoms with Crippen LogP contribution in [0, 0.1) is 0 Å². The highest BCUT2D eigenvalue weighted by atomic mass is 15.2. The van der Waals surface area contributed by atoms with E-state index in [2.05, 4.69) is 79.0 Å². The lowest BCUT2D eigenvalue weighted by Gasteiger charge is -2.19. The average molecular weight is 279 g/mol. The molecule has 3 nitrogen and oxygen atoms in total. The van der Waals surface area contributed by atoms with Gasteiger partial charge < -0.3 is 9.47 Å². The second-order valence-electron chi connectivity index (χ2n) is 5.71. The van der Waals surface area contributed by atoms with Gasteiger partial charge in [-0.3, -0.25) is 0 Å². The Labute approximate surface area is 125 Å². The first-order chi connectivity index (χ1) is 10.2. The summed E-state index contributed by atoms with van der Waals surface area (Å²) in [5.41, 5.74) is 3.57. The minimum Gasteiger partial charge on any atom is -0.320 e. The molecule has 3 heteroatoms. The van der Waals surface area contributed by atoms with E-state index in [1.165, 1.54) is 11.1 Å². The van der Waals surface area contributed by atoms with Gasteiger partial charge in [-0.15, -0.1) is 0 Å². The van der Waals surface area contributed by atoms with Crippen molar-refractivity contribution >= 4 is 11.0 Å². The van der Waals surface area contributed by atoms with Crippen LogP contribution in [0.5, 0.6) is 0 Å². The van der Waals surface area contributed by atoms with Crippen molar-refractivity contribution in [2.75, 3.05) is 14.1 Å². The molecule has 0 saturated heterocycles. The summed E-state index contributed by atoms with van der Waals surface area (Å²) >= 11 is 0. The predicted octanol–water partition coefficient (Wildman–Crippen LogP) is 3.71. The van der Waals surface area contributed by atoms with Crippen LogP contribution in [0.3, 0.4) is 0 Å². The predicted molar refractivity (Wildman–Crippen MR) is 87.4 cm³/mol. The number of rotatable bonds is 4. The molecule has 2 aromatic carbocycles. The van der Waals surface area contributed by atoms with Crippen LogP contribution < -0.4 is 0 Å². The third-order valence-electron chi connectivity index (χ3n) is 3.80. The van der Waals surface area contributed by atoms with Crippen molar-refractivity contribution < 1.29 is 0 Å². The number of aromatic nitrogens is 2. The summed E-state index contributed by atoms with van der Waals surface area (Å²) in [5.74, 6) is 1.11. The maximum absolute atomic E-state index is 4.82. The second-order valence-corrected chi connectivity index (χ2v) is 5.71. The van der Waals surface area contributed by atoms with E-state index in [1.54, 1.807) is 0 Å². The number of para-hydroxylation sites is 2. The Morgan fingerprint density at radius 3 is 2.38 bits per heavy atom. The zero-order valence-electron chi connectivity index (χ0n) is 12.8. The fourth-order valence-corrected chi connectivity index (χ4v) is 2.80. The lowest BCUT2D eigenvalue weighted by molar-refractivity contribution is 0.379. The molecule has 0 bridgehead atoms. The number of benzene rings is 2. The molecule has 0 saturated carbocycles. The Balaban J connectivity index is 2.14. The fourth-order valence-electron chi connectivity index (χ4n) is 2.80. The van der Waals surface area contributed by atoms with E-state index in [1.807, 2.05) is 6.07 Å². The van der Waals surface area contributed by atoms with Crippen molar-refractivity contribution in [2.45, 2.75) is 19.5 Å².